The fraction of sp³-hybridized carbons (Fsp3) is 0.375. The van der Waals surface area contributed by atoms with Gasteiger partial charge in [0.1, 0.15) is 5.76 Å². The van der Waals surface area contributed by atoms with Gasteiger partial charge in [-0.05, 0) is 43.0 Å². The number of furan rings is 1. The van der Waals surface area contributed by atoms with E-state index >= 15 is 0 Å². The van der Waals surface area contributed by atoms with E-state index in [0.29, 0.717) is 0 Å². The van der Waals surface area contributed by atoms with Crippen LogP contribution in [0.3, 0.4) is 0 Å². The fourth-order valence-electron chi connectivity index (χ4n) is 2.16. The molecule has 0 aliphatic rings. The molecule has 0 spiro atoms. The molecule has 0 fully saturated rings. The standard InChI is InChI=1S/C16H19ClO/c1-4-16-14(7-8-18-16)15(17)10-13-6-5-11(2)12(3)9-13/h5-9,15H,4,10H2,1-3H3. The molecule has 0 aliphatic carbocycles. The first-order chi connectivity index (χ1) is 8.61. The van der Waals surface area contributed by atoms with Crippen LogP contribution in [-0.4, -0.2) is 0 Å². The minimum Gasteiger partial charge on any atom is -0.469 e. The van der Waals surface area contributed by atoms with Gasteiger partial charge >= 0.3 is 0 Å². The zero-order chi connectivity index (χ0) is 13.1. The number of alkyl halides is 1. The number of benzene rings is 1. The molecule has 1 heterocycles. The Balaban J connectivity index is 2.16. The molecule has 0 saturated heterocycles. The Labute approximate surface area is 114 Å². The highest BCUT2D eigenvalue weighted by Crippen LogP contribution is 2.29. The third kappa shape index (κ3) is 2.78. The molecule has 2 rings (SSSR count). The first kappa shape index (κ1) is 13.2. The van der Waals surface area contributed by atoms with E-state index in [1.165, 1.54) is 16.7 Å². The van der Waals surface area contributed by atoms with E-state index in [0.717, 1.165) is 24.2 Å². The minimum absolute atomic E-state index is 0.0131. The second-order valence-electron chi connectivity index (χ2n) is 4.74. The Bertz CT molecular complexity index is 528. The van der Waals surface area contributed by atoms with Crippen LogP contribution in [0.1, 0.15) is 40.3 Å². The fourth-order valence-corrected chi connectivity index (χ4v) is 2.54. The molecule has 1 aromatic carbocycles. The number of hydrogen-bond donors (Lipinski definition) is 0. The van der Waals surface area contributed by atoms with E-state index in [9.17, 15) is 0 Å². The van der Waals surface area contributed by atoms with Crippen molar-refractivity contribution in [3.63, 3.8) is 0 Å². The van der Waals surface area contributed by atoms with Crippen LogP contribution >= 0.6 is 11.6 Å². The zero-order valence-electron chi connectivity index (χ0n) is 11.2. The van der Waals surface area contributed by atoms with Gasteiger partial charge in [0, 0.05) is 12.0 Å². The molecular weight excluding hydrogens is 244 g/mol. The molecule has 1 aromatic heterocycles. The summed E-state index contributed by atoms with van der Waals surface area (Å²) in [6, 6.07) is 8.52. The molecule has 0 aliphatic heterocycles. The molecule has 0 bridgehead atoms. The van der Waals surface area contributed by atoms with Crippen molar-refractivity contribution in [2.45, 2.75) is 39.0 Å². The van der Waals surface area contributed by atoms with Gasteiger partial charge in [0.05, 0.1) is 11.6 Å². The van der Waals surface area contributed by atoms with Crippen molar-refractivity contribution in [3.05, 3.63) is 58.5 Å². The zero-order valence-corrected chi connectivity index (χ0v) is 11.9. The van der Waals surface area contributed by atoms with Gasteiger partial charge in [-0.3, -0.25) is 0 Å². The predicted octanol–water partition coefficient (Wildman–Crippen LogP) is 4.98. The van der Waals surface area contributed by atoms with Crippen molar-refractivity contribution in [3.8, 4) is 0 Å². The Morgan fingerprint density at radius 1 is 1.17 bits per heavy atom. The highest BCUT2D eigenvalue weighted by molar-refractivity contribution is 6.21. The Kier molecular flexibility index (Phi) is 4.13. The predicted molar refractivity (Wildman–Crippen MR) is 76.3 cm³/mol. The SMILES string of the molecule is CCc1occc1C(Cl)Cc1ccc(C)c(C)c1. The minimum atomic E-state index is -0.0131. The summed E-state index contributed by atoms with van der Waals surface area (Å²) < 4.78 is 5.43. The lowest BCUT2D eigenvalue weighted by atomic mass is 10.00. The second-order valence-corrected chi connectivity index (χ2v) is 5.27. The number of aryl methyl sites for hydroxylation is 3. The van der Waals surface area contributed by atoms with Gasteiger partial charge < -0.3 is 4.42 Å². The lowest BCUT2D eigenvalue weighted by Crippen LogP contribution is -1.98. The molecule has 1 unspecified atom stereocenters. The summed E-state index contributed by atoms with van der Waals surface area (Å²) in [5.41, 5.74) is 5.04. The van der Waals surface area contributed by atoms with Gasteiger partial charge in [-0.15, -0.1) is 11.6 Å². The third-order valence-corrected chi connectivity index (χ3v) is 3.81. The van der Waals surface area contributed by atoms with Crippen LogP contribution in [0.25, 0.3) is 0 Å². The van der Waals surface area contributed by atoms with Gasteiger partial charge in [-0.25, -0.2) is 0 Å². The first-order valence-corrected chi connectivity index (χ1v) is 6.82. The molecular formula is C16H19ClO. The lowest BCUT2D eigenvalue weighted by molar-refractivity contribution is 0.510. The third-order valence-electron chi connectivity index (χ3n) is 3.42. The van der Waals surface area contributed by atoms with Gasteiger partial charge in [0.2, 0.25) is 0 Å². The van der Waals surface area contributed by atoms with Crippen molar-refractivity contribution in [1.29, 1.82) is 0 Å². The van der Waals surface area contributed by atoms with Crippen LogP contribution in [0, 0.1) is 13.8 Å². The highest BCUT2D eigenvalue weighted by atomic mass is 35.5. The van der Waals surface area contributed by atoms with Gasteiger partial charge in [-0.1, -0.05) is 25.1 Å². The normalized spacial score (nSPS) is 12.7. The molecule has 0 saturated carbocycles. The molecule has 0 amide bonds. The summed E-state index contributed by atoms with van der Waals surface area (Å²) in [5.74, 6) is 0.999. The molecule has 0 radical (unpaired) electrons. The maximum atomic E-state index is 6.50. The summed E-state index contributed by atoms with van der Waals surface area (Å²) in [6.07, 6.45) is 3.46. The number of hydrogen-bond acceptors (Lipinski definition) is 1. The largest absolute Gasteiger partial charge is 0.469 e. The van der Waals surface area contributed by atoms with E-state index in [4.69, 9.17) is 16.0 Å². The van der Waals surface area contributed by atoms with Crippen molar-refractivity contribution in [1.82, 2.24) is 0 Å². The van der Waals surface area contributed by atoms with Crippen LogP contribution in [-0.2, 0) is 12.8 Å². The van der Waals surface area contributed by atoms with Crippen LogP contribution in [0.4, 0.5) is 0 Å². The van der Waals surface area contributed by atoms with E-state index < -0.39 is 0 Å². The molecule has 0 N–H and O–H groups in total. The molecule has 2 heteroatoms. The smallest absolute Gasteiger partial charge is 0.108 e. The summed E-state index contributed by atoms with van der Waals surface area (Å²) >= 11 is 6.50. The summed E-state index contributed by atoms with van der Waals surface area (Å²) in [4.78, 5) is 0. The van der Waals surface area contributed by atoms with Crippen molar-refractivity contribution >= 4 is 11.6 Å². The summed E-state index contributed by atoms with van der Waals surface area (Å²) in [5, 5.41) is -0.0131. The van der Waals surface area contributed by atoms with Crippen molar-refractivity contribution < 1.29 is 4.42 Å². The topological polar surface area (TPSA) is 13.1 Å². The Morgan fingerprint density at radius 2 is 1.94 bits per heavy atom. The average Bonchev–Trinajstić information content (AvgIpc) is 2.82. The van der Waals surface area contributed by atoms with E-state index in [1.807, 2.05) is 6.07 Å². The van der Waals surface area contributed by atoms with E-state index in [1.54, 1.807) is 6.26 Å². The van der Waals surface area contributed by atoms with Gasteiger partial charge in [-0.2, -0.15) is 0 Å². The summed E-state index contributed by atoms with van der Waals surface area (Å²) in [7, 11) is 0. The quantitative estimate of drug-likeness (QED) is 0.708. The summed E-state index contributed by atoms with van der Waals surface area (Å²) in [6.45, 7) is 6.35. The van der Waals surface area contributed by atoms with E-state index in [-0.39, 0.29) is 5.38 Å². The monoisotopic (exact) mass is 262 g/mol. The molecule has 96 valence electrons. The van der Waals surface area contributed by atoms with Crippen LogP contribution in [0.15, 0.2) is 34.9 Å². The second kappa shape index (κ2) is 5.62. The molecule has 2 aromatic rings. The van der Waals surface area contributed by atoms with Crippen LogP contribution < -0.4 is 0 Å². The Morgan fingerprint density at radius 3 is 2.61 bits per heavy atom. The van der Waals surface area contributed by atoms with Crippen LogP contribution in [0.5, 0.6) is 0 Å². The number of halogens is 1. The molecule has 1 atom stereocenters. The highest BCUT2D eigenvalue weighted by Gasteiger charge is 2.15. The van der Waals surface area contributed by atoms with Crippen molar-refractivity contribution in [2.24, 2.45) is 0 Å². The molecule has 18 heavy (non-hydrogen) atoms. The maximum Gasteiger partial charge on any atom is 0.108 e. The number of rotatable bonds is 4. The first-order valence-electron chi connectivity index (χ1n) is 6.38. The molecule has 1 nitrogen and oxygen atoms in total. The van der Waals surface area contributed by atoms with Gasteiger partial charge in [0.25, 0.3) is 0 Å². The average molecular weight is 263 g/mol. The van der Waals surface area contributed by atoms with E-state index in [2.05, 4.69) is 39.0 Å². The van der Waals surface area contributed by atoms with Crippen LogP contribution in [0.2, 0.25) is 0 Å². The van der Waals surface area contributed by atoms with Crippen molar-refractivity contribution in [2.75, 3.05) is 0 Å². The van der Waals surface area contributed by atoms with Gasteiger partial charge in [0.15, 0.2) is 0 Å². The Hall–Kier alpha value is -1.21. The maximum absolute atomic E-state index is 6.50. The lowest BCUT2D eigenvalue weighted by Gasteiger charge is -2.11.